The molecule has 1 aromatic carbocycles. The van der Waals surface area contributed by atoms with Crippen LogP contribution in [-0.2, 0) is 0 Å². The Morgan fingerprint density at radius 3 is 2.55 bits per heavy atom. The lowest BCUT2D eigenvalue weighted by atomic mass is 9.95. The lowest BCUT2D eigenvalue weighted by Crippen LogP contribution is -2.38. The Kier molecular flexibility index (Phi) is 6.27. The molecule has 0 aliphatic rings. The third-order valence-corrected chi connectivity index (χ3v) is 4.41. The van der Waals surface area contributed by atoms with Crippen LogP contribution in [-0.4, -0.2) is 15.8 Å². The highest BCUT2D eigenvalue weighted by molar-refractivity contribution is 6.33. The van der Waals surface area contributed by atoms with Gasteiger partial charge in [0.25, 0.3) is 5.56 Å². The van der Waals surface area contributed by atoms with E-state index in [0.29, 0.717) is 32.3 Å². The minimum absolute atomic E-state index is 0.0148. The van der Waals surface area contributed by atoms with E-state index in [-0.39, 0.29) is 10.6 Å². The molecule has 144 valence electrons. The number of ketones is 1. The van der Waals surface area contributed by atoms with Crippen LogP contribution < -0.4 is 16.1 Å². The number of hydrogen-bond donors (Lipinski definition) is 1. The molecule has 0 saturated carbocycles. The Bertz CT molecular complexity index is 1290. The van der Waals surface area contributed by atoms with E-state index in [0.717, 1.165) is 0 Å². The molecule has 2 heterocycles. The number of allylic oxidation sites excluding steroid dienone is 2. The molecule has 0 unspecified atom stereocenters. The third-order valence-electron chi connectivity index (χ3n) is 4.10. The summed E-state index contributed by atoms with van der Waals surface area (Å²) in [6.07, 6.45) is 7.49. The van der Waals surface area contributed by atoms with Gasteiger partial charge in [-0.15, -0.1) is 0 Å². The molecule has 3 rings (SSSR count). The van der Waals surface area contributed by atoms with Crippen LogP contribution in [0, 0.1) is 0 Å². The smallest absolute Gasteiger partial charge is 0.260 e. The van der Waals surface area contributed by atoms with Crippen molar-refractivity contribution in [2.24, 2.45) is 0 Å². The van der Waals surface area contributed by atoms with E-state index >= 15 is 0 Å². The van der Waals surface area contributed by atoms with Gasteiger partial charge in [0.2, 0.25) is 0 Å². The summed E-state index contributed by atoms with van der Waals surface area (Å²) in [5.74, 6) is -0.472. The summed E-state index contributed by atoms with van der Waals surface area (Å²) in [7, 11) is 0. The van der Waals surface area contributed by atoms with Gasteiger partial charge >= 0.3 is 0 Å². The van der Waals surface area contributed by atoms with Gasteiger partial charge in [-0.3, -0.25) is 14.6 Å². The highest BCUT2D eigenvalue weighted by Crippen LogP contribution is 2.19. The summed E-state index contributed by atoms with van der Waals surface area (Å²) in [4.78, 5) is 32.3. The van der Waals surface area contributed by atoms with Crippen LogP contribution in [0.5, 0.6) is 0 Å². The molecule has 0 aliphatic carbocycles. The number of rotatable bonds is 5. The van der Waals surface area contributed by atoms with Crippen LogP contribution in [0.1, 0.15) is 15.9 Å². The Labute approximate surface area is 177 Å². The lowest BCUT2D eigenvalue weighted by Gasteiger charge is -2.09. The Hall–Kier alpha value is -3.21. The van der Waals surface area contributed by atoms with Crippen molar-refractivity contribution in [3.05, 3.63) is 104 Å². The summed E-state index contributed by atoms with van der Waals surface area (Å²) in [5.41, 5.74) is 1.22. The molecule has 4 nitrogen and oxygen atoms in total. The second kappa shape index (κ2) is 8.86. The van der Waals surface area contributed by atoms with Gasteiger partial charge in [-0.25, -0.2) is 0 Å². The molecule has 29 heavy (non-hydrogen) atoms. The normalized spacial score (nSPS) is 11.7. The largest absolute Gasteiger partial charge is 0.322 e. The van der Waals surface area contributed by atoms with Crippen molar-refractivity contribution in [1.29, 1.82) is 0 Å². The Morgan fingerprint density at radius 2 is 1.90 bits per heavy atom. The number of nitrogens with zero attached hydrogens (tertiary/aromatic N) is 1. The number of hydrogen-bond acceptors (Lipinski definition) is 3. The number of benzene rings is 1. The molecule has 0 bridgehead atoms. The van der Waals surface area contributed by atoms with Gasteiger partial charge < -0.3 is 4.98 Å². The number of carbonyl (C=O) groups is 1. The van der Waals surface area contributed by atoms with Crippen molar-refractivity contribution < 1.29 is 4.79 Å². The van der Waals surface area contributed by atoms with Crippen molar-refractivity contribution in [3.8, 4) is 11.1 Å². The summed E-state index contributed by atoms with van der Waals surface area (Å²) < 4.78 is 0. The summed E-state index contributed by atoms with van der Waals surface area (Å²) in [5, 5.41) is 1.56. The fraction of sp³-hybridized carbons (Fsp3) is 0. The fourth-order valence-corrected chi connectivity index (χ4v) is 3.19. The number of nitrogens with one attached hydrogen (secondary N) is 1. The molecule has 6 heteroatoms. The van der Waals surface area contributed by atoms with Gasteiger partial charge in [0.05, 0.1) is 10.6 Å². The monoisotopic (exact) mass is 422 g/mol. The van der Waals surface area contributed by atoms with Crippen LogP contribution in [0.15, 0.2) is 71.3 Å². The van der Waals surface area contributed by atoms with E-state index in [1.54, 1.807) is 24.4 Å². The van der Waals surface area contributed by atoms with Gasteiger partial charge in [-0.05, 0) is 35.4 Å². The molecule has 0 aliphatic heterocycles. The summed E-state index contributed by atoms with van der Waals surface area (Å²) >= 11 is 11.9. The minimum atomic E-state index is -0.537. The lowest BCUT2D eigenvalue weighted by molar-refractivity contribution is 0.104. The third kappa shape index (κ3) is 4.80. The second-order valence-electron chi connectivity index (χ2n) is 6.19. The van der Waals surface area contributed by atoms with E-state index in [9.17, 15) is 9.59 Å². The molecule has 0 amide bonds. The van der Waals surface area contributed by atoms with Gasteiger partial charge in [-0.1, -0.05) is 66.7 Å². The predicted molar refractivity (Wildman–Crippen MR) is 119 cm³/mol. The zero-order chi connectivity index (χ0) is 21.0. The Balaban J connectivity index is 2.25. The van der Waals surface area contributed by atoms with Gasteiger partial charge in [-0.2, -0.15) is 0 Å². The molecule has 0 radical (unpaired) electrons. The van der Waals surface area contributed by atoms with Gasteiger partial charge in [0.1, 0.15) is 0 Å². The molecular formula is C23H16Cl2N2O2. The average Bonchev–Trinajstić information content (AvgIpc) is 2.68. The fourth-order valence-electron chi connectivity index (χ4n) is 2.90. The highest BCUT2D eigenvalue weighted by atomic mass is 35.5. The molecule has 1 N–H and O–H groups in total. The number of pyridine rings is 2. The maximum absolute atomic E-state index is 13.0. The maximum atomic E-state index is 13.0. The molecule has 0 spiro atoms. The second-order valence-corrected chi connectivity index (χ2v) is 7.11. The average molecular weight is 423 g/mol. The molecule has 3 aromatic rings. The number of halogens is 2. The predicted octanol–water partition coefficient (Wildman–Crippen LogP) is 3.93. The zero-order valence-corrected chi connectivity index (χ0v) is 16.8. The zero-order valence-electron chi connectivity index (χ0n) is 15.3. The van der Waals surface area contributed by atoms with Crippen molar-refractivity contribution in [2.45, 2.75) is 0 Å². The summed E-state index contributed by atoms with van der Waals surface area (Å²) in [6, 6.07) is 10.8. The standard InChI is InChI=1S/C23H16Cl2N2O2/c1-14(24)10-19-15(2)27-23(29)22(21(19)17-6-4-3-5-7-17)20(28)9-8-16-11-18(25)13-26-12-16/h3-13H,1-2H2,(H,27,29)/b9-8+,19-10+. The number of aromatic amines is 1. The molecule has 2 aromatic heterocycles. The molecule has 0 fully saturated rings. The minimum Gasteiger partial charge on any atom is -0.322 e. The number of H-pyrrole nitrogens is 1. The number of carbonyl (C=O) groups excluding carboxylic acids is 1. The highest BCUT2D eigenvalue weighted by Gasteiger charge is 2.17. The van der Waals surface area contributed by atoms with Crippen molar-refractivity contribution >= 4 is 47.7 Å². The molecular weight excluding hydrogens is 407 g/mol. The topological polar surface area (TPSA) is 62.8 Å². The van der Waals surface area contributed by atoms with Gasteiger partial charge in [0, 0.05) is 33.6 Å². The van der Waals surface area contributed by atoms with E-state index in [2.05, 4.69) is 23.1 Å². The first kappa shape index (κ1) is 20.5. The molecule has 0 atom stereocenters. The number of aromatic nitrogens is 2. The van der Waals surface area contributed by atoms with E-state index in [4.69, 9.17) is 23.2 Å². The first-order valence-corrected chi connectivity index (χ1v) is 9.32. The van der Waals surface area contributed by atoms with Crippen molar-refractivity contribution in [1.82, 2.24) is 9.97 Å². The van der Waals surface area contributed by atoms with Crippen LogP contribution >= 0.6 is 23.2 Å². The molecule has 0 saturated heterocycles. The SMILES string of the molecule is C=C(Cl)/C=c1/c(-c2ccccc2)c(C(=O)/C=C/c2cncc(Cl)c2)c(=O)[nH]c1=C. The first-order chi connectivity index (χ1) is 13.9. The van der Waals surface area contributed by atoms with Crippen molar-refractivity contribution in [2.75, 3.05) is 0 Å². The first-order valence-electron chi connectivity index (χ1n) is 8.56. The Morgan fingerprint density at radius 1 is 1.17 bits per heavy atom. The maximum Gasteiger partial charge on any atom is 0.260 e. The van der Waals surface area contributed by atoms with E-state index in [1.807, 2.05) is 30.3 Å². The van der Waals surface area contributed by atoms with E-state index < -0.39 is 11.3 Å². The summed E-state index contributed by atoms with van der Waals surface area (Å²) in [6.45, 7) is 7.56. The van der Waals surface area contributed by atoms with Crippen LogP contribution in [0.2, 0.25) is 5.02 Å². The van der Waals surface area contributed by atoms with E-state index in [1.165, 1.54) is 12.3 Å². The quantitative estimate of drug-likeness (QED) is 0.500. The van der Waals surface area contributed by atoms with Crippen LogP contribution in [0.3, 0.4) is 0 Å². The van der Waals surface area contributed by atoms with Crippen LogP contribution in [0.4, 0.5) is 0 Å². The van der Waals surface area contributed by atoms with Gasteiger partial charge in [0.15, 0.2) is 5.78 Å². The van der Waals surface area contributed by atoms with Crippen LogP contribution in [0.25, 0.3) is 29.9 Å². The van der Waals surface area contributed by atoms with Crippen molar-refractivity contribution in [3.63, 3.8) is 0 Å².